The maximum atomic E-state index is 5.21. The van der Waals surface area contributed by atoms with E-state index in [9.17, 15) is 0 Å². The molecule has 1 aromatic carbocycles. The Morgan fingerprint density at radius 3 is 2.94 bits per heavy atom. The van der Waals surface area contributed by atoms with E-state index in [1.807, 2.05) is 24.3 Å². The molecule has 0 aliphatic rings. The largest absolute Gasteiger partial charge is 0.377 e. The smallest absolute Gasteiger partial charge is 0.232 e. The molecule has 0 N–H and O–H groups in total. The fourth-order valence-corrected chi connectivity index (χ4v) is 1.76. The van der Waals surface area contributed by atoms with Crippen LogP contribution >= 0.6 is 0 Å². The van der Waals surface area contributed by atoms with Gasteiger partial charge in [0.05, 0.1) is 6.42 Å². The van der Waals surface area contributed by atoms with Gasteiger partial charge in [-0.05, 0) is 12.1 Å². The molecule has 0 aliphatic carbocycles. The summed E-state index contributed by atoms with van der Waals surface area (Å²) in [7, 11) is 1.58. The second kappa shape index (κ2) is 4.58. The maximum absolute atomic E-state index is 5.21. The van der Waals surface area contributed by atoms with Gasteiger partial charge in [-0.2, -0.15) is 4.98 Å². The maximum Gasteiger partial charge on any atom is 0.232 e. The Bertz CT molecular complexity index is 659. The fraction of sp³-hybridized carbons (Fsp3) is 0.250. The Hall–Kier alpha value is -2.21. The van der Waals surface area contributed by atoms with Gasteiger partial charge in [0, 0.05) is 12.5 Å². The monoisotopic (exact) mass is 245 g/mol. The van der Waals surface area contributed by atoms with Crippen molar-refractivity contribution in [3.05, 3.63) is 41.7 Å². The first-order valence-corrected chi connectivity index (χ1v) is 5.50. The molecule has 6 heteroatoms. The van der Waals surface area contributed by atoms with E-state index >= 15 is 0 Å². The van der Waals surface area contributed by atoms with Crippen molar-refractivity contribution >= 4 is 11.0 Å². The molecule has 0 saturated carbocycles. The Labute approximate surface area is 103 Å². The number of rotatable bonds is 4. The molecule has 0 amide bonds. The molecule has 0 saturated heterocycles. The molecule has 3 rings (SSSR count). The summed E-state index contributed by atoms with van der Waals surface area (Å²) < 4.78 is 15.3. The molecule has 0 bridgehead atoms. The highest BCUT2D eigenvalue weighted by Gasteiger charge is 2.12. The van der Waals surface area contributed by atoms with Crippen LogP contribution in [-0.2, 0) is 17.8 Å². The highest BCUT2D eigenvalue weighted by molar-refractivity contribution is 5.79. The van der Waals surface area contributed by atoms with Crippen molar-refractivity contribution in [1.82, 2.24) is 15.3 Å². The number of ether oxygens (including phenoxy) is 1. The number of methoxy groups -OCH3 is 1. The lowest BCUT2D eigenvalue weighted by molar-refractivity contribution is 0.174. The predicted octanol–water partition coefficient (Wildman–Crippen LogP) is 1.95. The van der Waals surface area contributed by atoms with E-state index in [-0.39, 0.29) is 0 Å². The van der Waals surface area contributed by atoms with Gasteiger partial charge in [0.2, 0.25) is 5.89 Å². The van der Waals surface area contributed by atoms with E-state index in [0.717, 1.165) is 16.7 Å². The van der Waals surface area contributed by atoms with Gasteiger partial charge in [0.15, 0.2) is 11.4 Å². The van der Waals surface area contributed by atoms with Crippen LogP contribution in [0.15, 0.2) is 33.3 Å². The molecule has 2 heterocycles. The van der Waals surface area contributed by atoms with Crippen LogP contribution in [0.3, 0.4) is 0 Å². The van der Waals surface area contributed by atoms with Gasteiger partial charge >= 0.3 is 0 Å². The molecule has 0 radical (unpaired) electrons. The van der Waals surface area contributed by atoms with E-state index in [1.54, 1.807) is 7.11 Å². The van der Waals surface area contributed by atoms with E-state index in [4.69, 9.17) is 13.8 Å². The molecule has 2 aromatic heterocycles. The number of aromatic nitrogens is 3. The molecular weight excluding hydrogens is 234 g/mol. The third-order valence-electron chi connectivity index (χ3n) is 2.55. The molecular formula is C12H11N3O3. The first kappa shape index (κ1) is 10.9. The van der Waals surface area contributed by atoms with Crippen molar-refractivity contribution in [3.63, 3.8) is 0 Å². The van der Waals surface area contributed by atoms with Gasteiger partial charge in [0.1, 0.15) is 12.3 Å². The van der Waals surface area contributed by atoms with Crippen LogP contribution in [0, 0.1) is 0 Å². The van der Waals surface area contributed by atoms with Gasteiger partial charge in [-0.1, -0.05) is 22.4 Å². The molecule has 0 fully saturated rings. The summed E-state index contributed by atoms with van der Waals surface area (Å²) in [6.45, 7) is 0.336. The minimum atomic E-state index is 0.336. The van der Waals surface area contributed by atoms with Gasteiger partial charge in [-0.15, -0.1) is 0 Å². The Kier molecular flexibility index (Phi) is 2.77. The number of hydrogen-bond acceptors (Lipinski definition) is 6. The fourth-order valence-electron chi connectivity index (χ4n) is 1.76. The molecule has 3 aromatic rings. The number of hydrogen-bond donors (Lipinski definition) is 0. The van der Waals surface area contributed by atoms with Crippen molar-refractivity contribution < 1.29 is 13.8 Å². The highest BCUT2D eigenvalue weighted by Crippen LogP contribution is 2.19. The first-order chi connectivity index (χ1) is 8.86. The zero-order valence-corrected chi connectivity index (χ0v) is 9.79. The number of benzene rings is 1. The number of fused-ring (bicyclic) bond motifs is 1. The van der Waals surface area contributed by atoms with Crippen molar-refractivity contribution in [3.8, 4) is 0 Å². The summed E-state index contributed by atoms with van der Waals surface area (Å²) in [5.74, 6) is 1.03. The third kappa shape index (κ3) is 1.98. The molecule has 0 spiro atoms. The van der Waals surface area contributed by atoms with Crippen molar-refractivity contribution in [2.45, 2.75) is 13.0 Å². The topological polar surface area (TPSA) is 74.2 Å². The van der Waals surface area contributed by atoms with Gasteiger partial charge < -0.3 is 13.8 Å². The number of para-hydroxylation sites is 1. The quantitative estimate of drug-likeness (QED) is 0.699. The van der Waals surface area contributed by atoms with Gasteiger partial charge in [-0.3, -0.25) is 0 Å². The minimum absolute atomic E-state index is 0.336. The number of nitrogens with zero attached hydrogens (tertiary/aromatic N) is 3. The summed E-state index contributed by atoms with van der Waals surface area (Å²) in [4.78, 5) is 4.20. The lowest BCUT2D eigenvalue weighted by Crippen LogP contribution is -1.92. The second-order valence-electron chi connectivity index (χ2n) is 3.84. The van der Waals surface area contributed by atoms with Crippen molar-refractivity contribution in [2.75, 3.05) is 7.11 Å². The average molecular weight is 245 g/mol. The molecule has 0 unspecified atom stereocenters. The third-order valence-corrected chi connectivity index (χ3v) is 2.55. The SMILES string of the molecule is COCc1noc(Cc2noc3ccccc23)n1. The van der Waals surface area contributed by atoms with E-state index in [1.165, 1.54) is 0 Å². The summed E-state index contributed by atoms with van der Waals surface area (Å²) in [5, 5.41) is 8.77. The van der Waals surface area contributed by atoms with Crippen LogP contribution in [0.25, 0.3) is 11.0 Å². The van der Waals surface area contributed by atoms with Crippen LogP contribution in [0.2, 0.25) is 0 Å². The van der Waals surface area contributed by atoms with Crippen LogP contribution in [0.5, 0.6) is 0 Å². The lowest BCUT2D eigenvalue weighted by atomic mass is 10.2. The van der Waals surface area contributed by atoms with E-state index in [2.05, 4.69) is 15.3 Å². The van der Waals surface area contributed by atoms with E-state index in [0.29, 0.717) is 24.7 Å². The molecule has 92 valence electrons. The Morgan fingerprint density at radius 2 is 2.06 bits per heavy atom. The summed E-state index contributed by atoms with van der Waals surface area (Å²) in [6.07, 6.45) is 0.452. The summed E-state index contributed by atoms with van der Waals surface area (Å²) >= 11 is 0. The normalized spacial score (nSPS) is 11.2. The molecule has 0 atom stereocenters. The zero-order chi connectivity index (χ0) is 12.4. The average Bonchev–Trinajstić information content (AvgIpc) is 2.99. The van der Waals surface area contributed by atoms with Crippen molar-refractivity contribution in [2.24, 2.45) is 0 Å². The standard InChI is InChI=1S/C12H11N3O3/c1-16-7-11-13-12(18-15-11)6-9-8-4-2-3-5-10(8)17-14-9/h2-5H,6-7H2,1H3. The molecule has 6 nitrogen and oxygen atoms in total. The van der Waals surface area contributed by atoms with Gasteiger partial charge in [0.25, 0.3) is 0 Å². The Morgan fingerprint density at radius 1 is 1.17 bits per heavy atom. The molecule has 0 aliphatic heterocycles. The zero-order valence-electron chi connectivity index (χ0n) is 9.79. The summed E-state index contributed by atoms with van der Waals surface area (Å²) in [5.41, 5.74) is 1.54. The van der Waals surface area contributed by atoms with Crippen LogP contribution in [0.1, 0.15) is 17.4 Å². The first-order valence-electron chi connectivity index (χ1n) is 5.50. The summed E-state index contributed by atoms with van der Waals surface area (Å²) in [6, 6.07) is 7.66. The van der Waals surface area contributed by atoms with Crippen LogP contribution < -0.4 is 0 Å². The lowest BCUT2D eigenvalue weighted by Gasteiger charge is -1.90. The highest BCUT2D eigenvalue weighted by atomic mass is 16.5. The predicted molar refractivity (Wildman–Crippen MR) is 61.8 cm³/mol. The van der Waals surface area contributed by atoms with Gasteiger partial charge in [-0.25, -0.2) is 0 Å². The van der Waals surface area contributed by atoms with Crippen LogP contribution in [0.4, 0.5) is 0 Å². The van der Waals surface area contributed by atoms with Crippen LogP contribution in [-0.4, -0.2) is 22.4 Å². The molecule has 18 heavy (non-hydrogen) atoms. The van der Waals surface area contributed by atoms with Crippen molar-refractivity contribution in [1.29, 1.82) is 0 Å². The Balaban J connectivity index is 1.87. The van der Waals surface area contributed by atoms with E-state index < -0.39 is 0 Å². The minimum Gasteiger partial charge on any atom is -0.377 e. The second-order valence-corrected chi connectivity index (χ2v) is 3.84.